The Morgan fingerprint density at radius 2 is 1.82 bits per heavy atom. The van der Waals surface area contributed by atoms with Crippen LogP contribution in [0.5, 0.6) is 5.75 Å². The summed E-state index contributed by atoms with van der Waals surface area (Å²) < 4.78 is 34.6. The first-order valence-electron chi connectivity index (χ1n) is 10.2. The molecule has 1 fully saturated rings. The lowest BCUT2D eigenvalue weighted by Gasteiger charge is -2.25. The predicted octanol–water partition coefficient (Wildman–Crippen LogP) is 3.68. The van der Waals surface area contributed by atoms with Crippen LogP contribution in [0, 0.1) is 11.6 Å². The molecule has 2 heterocycles. The van der Waals surface area contributed by atoms with Crippen molar-refractivity contribution >= 4 is 17.4 Å². The summed E-state index contributed by atoms with van der Waals surface area (Å²) in [5.74, 6) is -3.26. The molecule has 9 heteroatoms. The van der Waals surface area contributed by atoms with Gasteiger partial charge in [0, 0.05) is 25.5 Å². The van der Waals surface area contributed by atoms with E-state index in [0.29, 0.717) is 18.5 Å². The molecule has 0 radical (unpaired) electrons. The number of ether oxygens (including phenoxy) is 1. The van der Waals surface area contributed by atoms with Crippen LogP contribution in [0.15, 0.2) is 66.8 Å². The zero-order valence-corrected chi connectivity index (χ0v) is 17.7. The second-order valence-corrected chi connectivity index (χ2v) is 7.54. The lowest BCUT2D eigenvalue weighted by molar-refractivity contribution is -0.139. The summed E-state index contributed by atoms with van der Waals surface area (Å²) in [4.78, 5) is 31.3. The standard InChI is InChI=1S/C24H21F2N3O4/c1-33-19-8-7-17(26)13-18(19)22(30)20-21(15-3-5-16(25)6-4-15)29(24(32)23(20)31)11-2-10-28-12-9-27-14-28/h3-9,12-14,21,30H,2,10-11H2,1H3/b22-20+. The minimum absolute atomic E-state index is 0.0546. The van der Waals surface area contributed by atoms with Crippen molar-refractivity contribution in [2.75, 3.05) is 13.7 Å². The van der Waals surface area contributed by atoms with Gasteiger partial charge in [0.1, 0.15) is 23.1 Å². The Labute approximate surface area is 188 Å². The van der Waals surface area contributed by atoms with Gasteiger partial charge in [-0.2, -0.15) is 0 Å². The van der Waals surface area contributed by atoms with E-state index in [1.165, 1.54) is 42.3 Å². The van der Waals surface area contributed by atoms with E-state index in [0.717, 1.165) is 12.1 Å². The number of aromatic nitrogens is 2. The molecule has 4 rings (SSSR count). The van der Waals surface area contributed by atoms with Gasteiger partial charge in [-0.1, -0.05) is 12.1 Å². The van der Waals surface area contributed by atoms with E-state index in [1.807, 2.05) is 4.57 Å². The van der Waals surface area contributed by atoms with Gasteiger partial charge in [0.2, 0.25) is 0 Å². The van der Waals surface area contributed by atoms with Gasteiger partial charge in [-0.15, -0.1) is 0 Å². The number of hydrogen-bond donors (Lipinski definition) is 1. The zero-order chi connectivity index (χ0) is 23.5. The van der Waals surface area contributed by atoms with Crippen LogP contribution in [0.25, 0.3) is 5.76 Å². The second-order valence-electron chi connectivity index (χ2n) is 7.54. The van der Waals surface area contributed by atoms with Crippen molar-refractivity contribution in [1.82, 2.24) is 14.5 Å². The summed E-state index contributed by atoms with van der Waals surface area (Å²) in [6.07, 6.45) is 5.56. The van der Waals surface area contributed by atoms with Crippen LogP contribution in [0.2, 0.25) is 0 Å². The smallest absolute Gasteiger partial charge is 0.295 e. The van der Waals surface area contributed by atoms with E-state index in [9.17, 15) is 23.5 Å². The molecule has 1 aromatic heterocycles. The number of aliphatic hydroxyl groups excluding tert-OH is 1. The molecule has 1 unspecified atom stereocenters. The number of halogens is 2. The largest absolute Gasteiger partial charge is 0.507 e. The number of carbonyl (C=O) groups is 2. The molecule has 1 aliphatic heterocycles. The number of nitrogens with zero attached hydrogens (tertiary/aromatic N) is 3. The quantitative estimate of drug-likeness (QED) is 0.335. The molecule has 2 aromatic carbocycles. The van der Waals surface area contributed by atoms with Crippen molar-refractivity contribution in [3.8, 4) is 5.75 Å². The SMILES string of the molecule is COc1ccc(F)cc1/C(O)=C1\C(=O)C(=O)N(CCCn2ccnc2)C1c1ccc(F)cc1. The average Bonchev–Trinajstić information content (AvgIpc) is 3.41. The van der Waals surface area contributed by atoms with E-state index in [2.05, 4.69) is 4.98 Å². The van der Waals surface area contributed by atoms with Crippen LogP contribution in [-0.2, 0) is 16.1 Å². The lowest BCUT2D eigenvalue weighted by Crippen LogP contribution is -2.31. The summed E-state index contributed by atoms with van der Waals surface area (Å²) in [5, 5.41) is 11.1. The van der Waals surface area contributed by atoms with E-state index < -0.39 is 35.1 Å². The first-order valence-corrected chi connectivity index (χ1v) is 10.2. The Morgan fingerprint density at radius 3 is 2.48 bits per heavy atom. The molecule has 1 aliphatic rings. The van der Waals surface area contributed by atoms with Gasteiger partial charge < -0.3 is 19.3 Å². The van der Waals surface area contributed by atoms with Crippen molar-refractivity contribution < 1.29 is 28.2 Å². The third kappa shape index (κ3) is 4.34. The van der Waals surface area contributed by atoms with Gasteiger partial charge in [0.15, 0.2) is 0 Å². The van der Waals surface area contributed by atoms with Crippen LogP contribution in [-0.4, -0.2) is 44.9 Å². The van der Waals surface area contributed by atoms with Crippen molar-refractivity contribution in [2.45, 2.75) is 19.0 Å². The number of rotatable bonds is 7. The van der Waals surface area contributed by atoms with Crippen molar-refractivity contribution in [3.05, 3.63) is 89.5 Å². The van der Waals surface area contributed by atoms with E-state index in [4.69, 9.17) is 4.74 Å². The van der Waals surface area contributed by atoms with Crippen LogP contribution < -0.4 is 4.74 Å². The highest BCUT2D eigenvalue weighted by molar-refractivity contribution is 6.46. The minimum atomic E-state index is -0.971. The number of Topliss-reactive ketones (excluding diaryl/α,β-unsaturated/α-hetero) is 1. The molecule has 33 heavy (non-hydrogen) atoms. The normalized spacial score (nSPS) is 17.5. The lowest BCUT2D eigenvalue weighted by atomic mass is 9.95. The number of aliphatic hydroxyl groups is 1. The number of carbonyl (C=O) groups excluding carboxylic acids is 2. The van der Waals surface area contributed by atoms with Gasteiger partial charge in [0.05, 0.1) is 30.6 Å². The minimum Gasteiger partial charge on any atom is -0.507 e. The maximum absolute atomic E-state index is 13.9. The summed E-state index contributed by atoms with van der Waals surface area (Å²) in [6.45, 7) is 0.749. The first kappa shape index (κ1) is 22.2. The Hall–Kier alpha value is -4.01. The molecular weight excluding hydrogens is 432 g/mol. The molecular formula is C24H21F2N3O4. The molecule has 0 saturated carbocycles. The molecule has 0 bridgehead atoms. The Kier molecular flexibility index (Phi) is 6.21. The van der Waals surface area contributed by atoms with Gasteiger partial charge >= 0.3 is 0 Å². The predicted molar refractivity (Wildman–Crippen MR) is 115 cm³/mol. The average molecular weight is 453 g/mol. The third-order valence-electron chi connectivity index (χ3n) is 5.52. The number of amides is 1. The number of methoxy groups -OCH3 is 1. The maximum Gasteiger partial charge on any atom is 0.295 e. The summed E-state index contributed by atoms with van der Waals surface area (Å²) >= 11 is 0. The fourth-order valence-corrected chi connectivity index (χ4v) is 3.96. The number of ketones is 1. The Balaban J connectivity index is 1.78. The van der Waals surface area contributed by atoms with Crippen LogP contribution in [0.1, 0.15) is 23.6 Å². The van der Waals surface area contributed by atoms with Gasteiger partial charge in [-0.05, 0) is 42.3 Å². The number of imidazole rings is 1. The molecule has 7 nitrogen and oxygen atoms in total. The van der Waals surface area contributed by atoms with Crippen LogP contribution in [0.3, 0.4) is 0 Å². The Morgan fingerprint density at radius 1 is 1.09 bits per heavy atom. The Bertz CT molecular complexity index is 1210. The van der Waals surface area contributed by atoms with E-state index in [-0.39, 0.29) is 23.4 Å². The fraction of sp³-hybridized carbons (Fsp3) is 0.208. The van der Waals surface area contributed by atoms with Crippen molar-refractivity contribution in [3.63, 3.8) is 0 Å². The van der Waals surface area contributed by atoms with Crippen LogP contribution in [0.4, 0.5) is 8.78 Å². The summed E-state index contributed by atoms with van der Waals surface area (Å²) in [7, 11) is 1.34. The number of aryl methyl sites for hydroxylation is 1. The van der Waals surface area contributed by atoms with Crippen LogP contribution >= 0.6 is 0 Å². The topological polar surface area (TPSA) is 84.7 Å². The fourth-order valence-electron chi connectivity index (χ4n) is 3.96. The molecule has 170 valence electrons. The van der Waals surface area contributed by atoms with Gasteiger partial charge in [-0.3, -0.25) is 9.59 Å². The zero-order valence-electron chi connectivity index (χ0n) is 17.7. The number of hydrogen-bond acceptors (Lipinski definition) is 5. The van der Waals surface area contributed by atoms with Gasteiger partial charge in [-0.25, -0.2) is 13.8 Å². The number of benzene rings is 2. The maximum atomic E-state index is 13.9. The molecule has 3 aromatic rings. The highest BCUT2D eigenvalue weighted by atomic mass is 19.1. The first-order chi connectivity index (χ1) is 15.9. The highest BCUT2D eigenvalue weighted by Crippen LogP contribution is 2.41. The van der Waals surface area contributed by atoms with E-state index in [1.54, 1.807) is 18.7 Å². The number of likely N-dealkylation sites (tertiary alicyclic amines) is 1. The van der Waals surface area contributed by atoms with Crippen molar-refractivity contribution in [1.29, 1.82) is 0 Å². The summed E-state index contributed by atoms with van der Waals surface area (Å²) in [6, 6.07) is 7.85. The molecule has 1 amide bonds. The third-order valence-corrected chi connectivity index (χ3v) is 5.52. The monoisotopic (exact) mass is 453 g/mol. The molecule has 0 spiro atoms. The molecule has 0 aliphatic carbocycles. The van der Waals surface area contributed by atoms with Gasteiger partial charge in [0.25, 0.3) is 11.7 Å². The molecule has 1 saturated heterocycles. The van der Waals surface area contributed by atoms with Crippen molar-refractivity contribution in [2.24, 2.45) is 0 Å². The highest BCUT2D eigenvalue weighted by Gasteiger charge is 2.46. The van der Waals surface area contributed by atoms with E-state index >= 15 is 0 Å². The molecule has 1 atom stereocenters. The second kappa shape index (κ2) is 9.23. The summed E-state index contributed by atoms with van der Waals surface area (Å²) in [5.41, 5.74) is 0.175. The molecule has 1 N–H and O–H groups in total.